The predicted octanol–water partition coefficient (Wildman–Crippen LogP) is 2.41. The SMILES string of the molecule is CC(C)N1C[C@H]2C[C@@H]1CN2c1ccc(Nc2ncc(C#N)n3ncnc23)cc1. The number of benzene rings is 1. The van der Waals surface area contributed by atoms with Crippen molar-refractivity contribution in [2.24, 2.45) is 0 Å². The molecule has 2 atom stereocenters. The van der Waals surface area contributed by atoms with Crippen molar-refractivity contribution in [1.82, 2.24) is 24.5 Å². The van der Waals surface area contributed by atoms with Crippen LogP contribution in [-0.2, 0) is 0 Å². The molecule has 5 rings (SSSR count). The number of fused-ring (bicyclic) bond motifs is 3. The quantitative estimate of drug-likeness (QED) is 0.750. The Balaban J connectivity index is 1.33. The van der Waals surface area contributed by atoms with E-state index in [1.54, 1.807) is 0 Å². The van der Waals surface area contributed by atoms with Gasteiger partial charge in [0.05, 0.1) is 6.20 Å². The largest absolute Gasteiger partial charge is 0.366 e. The minimum absolute atomic E-state index is 0.355. The topological polar surface area (TPSA) is 85.4 Å². The number of likely N-dealkylation sites (tertiary alicyclic amines) is 1. The van der Waals surface area contributed by atoms with E-state index in [2.05, 4.69) is 74.4 Å². The molecule has 0 radical (unpaired) electrons. The molecule has 28 heavy (non-hydrogen) atoms. The highest BCUT2D eigenvalue weighted by Crippen LogP contribution is 2.36. The molecular weight excluding hydrogens is 352 g/mol. The van der Waals surface area contributed by atoms with Crippen molar-refractivity contribution in [3.05, 3.63) is 42.5 Å². The molecule has 0 unspecified atom stereocenters. The van der Waals surface area contributed by atoms with Crippen LogP contribution in [0.25, 0.3) is 5.65 Å². The molecule has 142 valence electrons. The van der Waals surface area contributed by atoms with Gasteiger partial charge in [-0.25, -0.2) is 9.97 Å². The lowest BCUT2D eigenvalue weighted by atomic mass is 10.2. The van der Waals surface area contributed by atoms with Crippen molar-refractivity contribution >= 4 is 22.8 Å². The molecular formula is C20H22N8. The Hall–Kier alpha value is -3.18. The second-order valence-corrected chi connectivity index (χ2v) is 7.76. The van der Waals surface area contributed by atoms with Gasteiger partial charge in [0.25, 0.3) is 0 Å². The second-order valence-electron chi connectivity index (χ2n) is 7.76. The fourth-order valence-corrected chi connectivity index (χ4v) is 4.50. The molecule has 2 aliphatic rings. The highest BCUT2D eigenvalue weighted by atomic mass is 15.4. The van der Waals surface area contributed by atoms with E-state index >= 15 is 0 Å². The number of nitrogens with one attached hydrogen (secondary N) is 1. The van der Waals surface area contributed by atoms with Crippen LogP contribution < -0.4 is 10.2 Å². The van der Waals surface area contributed by atoms with E-state index in [1.165, 1.54) is 29.1 Å². The highest BCUT2D eigenvalue weighted by molar-refractivity contribution is 5.71. The van der Waals surface area contributed by atoms with Gasteiger partial charge in [0, 0.05) is 42.6 Å². The number of nitrogens with zero attached hydrogens (tertiary/aromatic N) is 7. The Bertz CT molecular complexity index is 1050. The van der Waals surface area contributed by atoms with Gasteiger partial charge in [-0.2, -0.15) is 14.9 Å². The van der Waals surface area contributed by atoms with E-state index in [4.69, 9.17) is 5.26 Å². The maximum Gasteiger partial charge on any atom is 0.199 e. The summed E-state index contributed by atoms with van der Waals surface area (Å²) in [6, 6.07) is 12.4. The van der Waals surface area contributed by atoms with Crippen LogP contribution >= 0.6 is 0 Å². The third-order valence-corrected chi connectivity index (χ3v) is 5.83. The van der Waals surface area contributed by atoms with Gasteiger partial charge in [0.15, 0.2) is 17.2 Å². The maximum atomic E-state index is 9.15. The van der Waals surface area contributed by atoms with Crippen LogP contribution in [0.5, 0.6) is 0 Å². The Morgan fingerprint density at radius 3 is 2.64 bits per heavy atom. The Morgan fingerprint density at radius 1 is 1.14 bits per heavy atom. The number of hydrogen-bond donors (Lipinski definition) is 1. The van der Waals surface area contributed by atoms with Crippen LogP contribution in [-0.4, -0.2) is 55.7 Å². The molecule has 8 heteroatoms. The summed E-state index contributed by atoms with van der Waals surface area (Å²) in [5.74, 6) is 0.581. The molecule has 2 bridgehead atoms. The summed E-state index contributed by atoms with van der Waals surface area (Å²) >= 11 is 0. The van der Waals surface area contributed by atoms with Crippen molar-refractivity contribution in [3.63, 3.8) is 0 Å². The average Bonchev–Trinajstić information content (AvgIpc) is 3.44. The van der Waals surface area contributed by atoms with Gasteiger partial charge < -0.3 is 10.2 Å². The van der Waals surface area contributed by atoms with Crippen LogP contribution in [0.2, 0.25) is 0 Å². The summed E-state index contributed by atoms with van der Waals surface area (Å²) in [6.07, 6.45) is 4.19. The minimum atomic E-state index is 0.355. The molecule has 1 N–H and O–H groups in total. The lowest BCUT2D eigenvalue weighted by Gasteiger charge is -2.37. The summed E-state index contributed by atoms with van der Waals surface area (Å²) in [6.45, 7) is 6.83. The van der Waals surface area contributed by atoms with E-state index in [0.717, 1.165) is 18.8 Å². The number of rotatable bonds is 4. The number of aromatic nitrogens is 4. The Labute approximate surface area is 163 Å². The third kappa shape index (κ3) is 2.67. The molecule has 3 aromatic rings. The van der Waals surface area contributed by atoms with Gasteiger partial charge in [0.2, 0.25) is 0 Å². The standard InChI is InChI=1S/C20H22N8/c1-13(2)26-10-17-7-16(26)11-27(17)15-5-3-14(4-6-15)25-19-20-23-12-24-28(20)18(8-21)9-22-19/h3-6,9,12-13,16-17H,7,10-11H2,1-2H3,(H,22,25)/t16-,17-/m1/s1. The lowest BCUT2D eigenvalue weighted by molar-refractivity contribution is 0.191. The zero-order valence-electron chi connectivity index (χ0n) is 15.9. The molecule has 0 aliphatic carbocycles. The van der Waals surface area contributed by atoms with Crippen molar-refractivity contribution in [2.75, 3.05) is 23.3 Å². The van der Waals surface area contributed by atoms with Crippen molar-refractivity contribution in [2.45, 2.75) is 38.4 Å². The predicted molar refractivity (Wildman–Crippen MR) is 107 cm³/mol. The molecule has 2 fully saturated rings. The number of hydrogen-bond acceptors (Lipinski definition) is 7. The first-order valence-electron chi connectivity index (χ1n) is 9.62. The summed E-state index contributed by atoms with van der Waals surface area (Å²) in [4.78, 5) is 13.7. The van der Waals surface area contributed by atoms with Gasteiger partial charge in [0.1, 0.15) is 12.4 Å². The molecule has 2 aliphatic heterocycles. The second kappa shape index (κ2) is 6.46. The van der Waals surface area contributed by atoms with Crippen molar-refractivity contribution in [1.29, 1.82) is 5.26 Å². The van der Waals surface area contributed by atoms with Crippen molar-refractivity contribution in [3.8, 4) is 6.07 Å². The Morgan fingerprint density at radius 2 is 1.96 bits per heavy atom. The molecule has 0 spiro atoms. The lowest BCUT2D eigenvalue weighted by Crippen LogP contribution is -2.48. The molecule has 0 amide bonds. The highest BCUT2D eigenvalue weighted by Gasteiger charge is 2.43. The van der Waals surface area contributed by atoms with Gasteiger partial charge in [-0.1, -0.05) is 0 Å². The van der Waals surface area contributed by atoms with Gasteiger partial charge in [-0.05, 0) is 44.5 Å². The van der Waals surface area contributed by atoms with Crippen LogP contribution in [0, 0.1) is 11.3 Å². The molecule has 2 aromatic heterocycles. The number of nitriles is 1. The zero-order valence-corrected chi connectivity index (χ0v) is 15.9. The van der Waals surface area contributed by atoms with Gasteiger partial charge >= 0.3 is 0 Å². The van der Waals surface area contributed by atoms with Crippen LogP contribution in [0.3, 0.4) is 0 Å². The van der Waals surface area contributed by atoms with Crippen LogP contribution in [0.15, 0.2) is 36.8 Å². The molecule has 0 saturated carbocycles. The average molecular weight is 374 g/mol. The monoisotopic (exact) mass is 374 g/mol. The van der Waals surface area contributed by atoms with Crippen LogP contribution in [0.1, 0.15) is 26.0 Å². The smallest absolute Gasteiger partial charge is 0.199 e. The van der Waals surface area contributed by atoms with Crippen LogP contribution in [0.4, 0.5) is 17.2 Å². The first-order chi connectivity index (χ1) is 13.6. The normalized spacial score (nSPS) is 21.6. The molecule has 4 heterocycles. The van der Waals surface area contributed by atoms with E-state index < -0.39 is 0 Å². The van der Waals surface area contributed by atoms with E-state index in [0.29, 0.717) is 35.3 Å². The first kappa shape index (κ1) is 17.0. The fraction of sp³-hybridized carbons (Fsp3) is 0.400. The van der Waals surface area contributed by atoms with E-state index in [9.17, 15) is 0 Å². The molecule has 2 saturated heterocycles. The van der Waals surface area contributed by atoms with Crippen molar-refractivity contribution < 1.29 is 0 Å². The number of anilines is 3. The molecule has 8 nitrogen and oxygen atoms in total. The minimum Gasteiger partial charge on any atom is -0.366 e. The Kier molecular flexibility index (Phi) is 3.91. The van der Waals surface area contributed by atoms with E-state index in [-0.39, 0.29) is 0 Å². The summed E-state index contributed by atoms with van der Waals surface area (Å²) in [7, 11) is 0. The maximum absolute atomic E-state index is 9.15. The van der Waals surface area contributed by atoms with E-state index in [1.807, 2.05) is 0 Å². The summed E-state index contributed by atoms with van der Waals surface area (Å²) < 4.78 is 1.49. The summed E-state index contributed by atoms with van der Waals surface area (Å²) in [5.41, 5.74) is 3.09. The number of piperazine rings is 1. The van der Waals surface area contributed by atoms with Gasteiger partial charge in [-0.3, -0.25) is 4.90 Å². The molecule has 1 aromatic carbocycles. The zero-order chi connectivity index (χ0) is 19.3. The first-order valence-corrected chi connectivity index (χ1v) is 9.62. The fourth-order valence-electron chi connectivity index (χ4n) is 4.50. The van der Waals surface area contributed by atoms with Gasteiger partial charge in [-0.15, -0.1) is 0 Å². The third-order valence-electron chi connectivity index (χ3n) is 5.83. The summed E-state index contributed by atoms with van der Waals surface area (Å²) in [5, 5.41) is 16.5.